The number of esters is 2. The van der Waals surface area contributed by atoms with E-state index < -0.39 is 17.9 Å². The zero-order valence-electron chi connectivity index (χ0n) is 14.2. The first-order valence-corrected chi connectivity index (χ1v) is 9.45. The van der Waals surface area contributed by atoms with Crippen molar-refractivity contribution in [3.05, 3.63) is 12.2 Å². The maximum Gasteiger partial charge on any atom is 0.334 e. The molecule has 0 aromatic rings. The summed E-state index contributed by atoms with van der Waals surface area (Å²) < 4.78 is 10.2. The predicted molar refractivity (Wildman–Crippen MR) is 92.0 cm³/mol. The van der Waals surface area contributed by atoms with Crippen LogP contribution in [0, 0.1) is 5.92 Å². The highest BCUT2D eigenvalue weighted by Crippen LogP contribution is 2.13. The molecule has 0 aromatic carbocycles. The van der Waals surface area contributed by atoms with Gasteiger partial charge in [0.1, 0.15) is 6.61 Å². The van der Waals surface area contributed by atoms with Gasteiger partial charge >= 0.3 is 11.9 Å². The Morgan fingerprint density at radius 2 is 1.68 bits per heavy atom. The third-order valence-electron chi connectivity index (χ3n) is 3.40. The van der Waals surface area contributed by atoms with Crippen molar-refractivity contribution in [2.75, 3.05) is 25.2 Å². The van der Waals surface area contributed by atoms with Gasteiger partial charge in [0.15, 0.2) is 0 Å². The zero-order chi connectivity index (χ0) is 16.8. The van der Waals surface area contributed by atoms with Gasteiger partial charge in [0, 0.05) is 11.3 Å². The van der Waals surface area contributed by atoms with Gasteiger partial charge in [-0.25, -0.2) is 4.79 Å². The third kappa shape index (κ3) is 9.87. The summed E-state index contributed by atoms with van der Waals surface area (Å²) in [6.45, 7) is 8.20. The summed E-state index contributed by atoms with van der Waals surface area (Å²) >= 11 is 1.59. The van der Waals surface area contributed by atoms with Crippen molar-refractivity contribution in [1.82, 2.24) is 0 Å². The summed E-state index contributed by atoms with van der Waals surface area (Å²) in [7, 11) is 0. The minimum atomic E-state index is -0.651. The maximum absolute atomic E-state index is 11.9. The highest BCUT2D eigenvalue weighted by atomic mass is 32.2. The van der Waals surface area contributed by atoms with E-state index in [2.05, 4.69) is 13.5 Å². The van der Waals surface area contributed by atoms with Gasteiger partial charge in [0.05, 0.1) is 12.5 Å². The van der Waals surface area contributed by atoms with Crippen LogP contribution in [-0.2, 0) is 19.1 Å². The molecule has 1 atom stereocenters. The molecule has 0 fully saturated rings. The van der Waals surface area contributed by atoms with Gasteiger partial charge in [-0.05, 0) is 19.6 Å². The van der Waals surface area contributed by atoms with Crippen LogP contribution in [0.25, 0.3) is 0 Å². The quantitative estimate of drug-likeness (QED) is 0.290. The molecular formula is C17H30O4S. The predicted octanol–water partition coefficient (Wildman–Crippen LogP) is 3.99. The molecule has 0 aliphatic rings. The molecule has 128 valence electrons. The molecule has 0 bridgehead atoms. The van der Waals surface area contributed by atoms with E-state index in [0.29, 0.717) is 13.2 Å². The van der Waals surface area contributed by atoms with E-state index >= 15 is 0 Å². The lowest BCUT2D eigenvalue weighted by atomic mass is 10.0. The Morgan fingerprint density at radius 3 is 2.32 bits per heavy atom. The van der Waals surface area contributed by atoms with Crippen LogP contribution >= 0.6 is 11.8 Å². The minimum Gasteiger partial charge on any atom is -0.465 e. The third-order valence-corrected chi connectivity index (χ3v) is 3.98. The second-order valence-electron chi connectivity index (χ2n) is 5.31. The van der Waals surface area contributed by atoms with Crippen molar-refractivity contribution in [1.29, 1.82) is 0 Å². The number of hydrogen-bond donors (Lipinski definition) is 0. The number of ether oxygens (including phenoxy) is 2. The number of carbonyl (C=O) groups excluding carboxylic acids is 2. The number of hydrogen-bond acceptors (Lipinski definition) is 5. The standard InChI is InChI=1S/C17H30O4S/c1-5-6-7-8-9-10-11-20-16(18)14(2)15(3)17(19)21-12-13-22-4/h14H,3,5-13H2,1-2,4H3. The average Bonchev–Trinajstić information content (AvgIpc) is 2.52. The lowest BCUT2D eigenvalue weighted by molar-refractivity contribution is -0.150. The molecule has 0 heterocycles. The summed E-state index contributed by atoms with van der Waals surface area (Å²) in [5.41, 5.74) is 0.161. The van der Waals surface area contributed by atoms with E-state index in [0.717, 1.165) is 18.6 Å². The van der Waals surface area contributed by atoms with Gasteiger partial charge < -0.3 is 9.47 Å². The van der Waals surface area contributed by atoms with Gasteiger partial charge in [-0.15, -0.1) is 0 Å². The van der Waals surface area contributed by atoms with Crippen molar-refractivity contribution in [3.8, 4) is 0 Å². The normalized spacial score (nSPS) is 11.8. The fourth-order valence-corrected chi connectivity index (χ4v) is 2.06. The molecule has 4 nitrogen and oxygen atoms in total. The first-order chi connectivity index (χ1) is 10.5. The topological polar surface area (TPSA) is 52.6 Å². The van der Waals surface area contributed by atoms with Gasteiger partial charge in [-0.3, -0.25) is 4.79 Å². The molecule has 0 aliphatic heterocycles. The zero-order valence-corrected chi connectivity index (χ0v) is 15.0. The van der Waals surface area contributed by atoms with Crippen LogP contribution in [-0.4, -0.2) is 37.2 Å². The van der Waals surface area contributed by atoms with E-state index in [1.807, 2.05) is 6.26 Å². The highest BCUT2D eigenvalue weighted by Gasteiger charge is 2.23. The largest absolute Gasteiger partial charge is 0.465 e. The first-order valence-electron chi connectivity index (χ1n) is 8.06. The van der Waals surface area contributed by atoms with Crippen LogP contribution in [0.4, 0.5) is 0 Å². The summed E-state index contributed by atoms with van der Waals surface area (Å²) in [5.74, 6) is -0.837. The van der Waals surface area contributed by atoms with E-state index in [1.165, 1.54) is 25.7 Å². The Bertz CT molecular complexity index is 342. The molecule has 0 saturated heterocycles. The summed E-state index contributed by atoms with van der Waals surface area (Å²) in [5, 5.41) is 0. The van der Waals surface area contributed by atoms with Crippen LogP contribution in [0.3, 0.4) is 0 Å². The number of carbonyl (C=O) groups is 2. The van der Waals surface area contributed by atoms with Crippen molar-refractivity contribution in [2.45, 2.75) is 52.4 Å². The number of unbranched alkanes of at least 4 members (excludes halogenated alkanes) is 5. The molecule has 0 amide bonds. The molecule has 0 aliphatic carbocycles. The van der Waals surface area contributed by atoms with Crippen LogP contribution in [0.2, 0.25) is 0 Å². The molecule has 0 N–H and O–H groups in total. The lowest BCUT2D eigenvalue weighted by Crippen LogP contribution is -2.23. The smallest absolute Gasteiger partial charge is 0.334 e. The van der Waals surface area contributed by atoms with Gasteiger partial charge in [-0.1, -0.05) is 45.6 Å². The fourth-order valence-electron chi connectivity index (χ4n) is 1.81. The Kier molecular flexibility index (Phi) is 13.1. The van der Waals surface area contributed by atoms with Crippen molar-refractivity contribution in [3.63, 3.8) is 0 Å². The second kappa shape index (κ2) is 13.7. The summed E-state index contributed by atoms with van der Waals surface area (Å²) in [6, 6.07) is 0. The van der Waals surface area contributed by atoms with Crippen LogP contribution < -0.4 is 0 Å². The van der Waals surface area contributed by atoms with E-state index in [1.54, 1.807) is 18.7 Å². The van der Waals surface area contributed by atoms with Crippen LogP contribution in [0.5, 0.6) is 0 Å². The van der Waals surface area contributed by atoms with Crippen molar-refractivity contribution in [2.24, 2.45) is 5.92 Å². The van der Waals surface area contributed by atoms with E-state index in [4.69, 9.17) is 9.47 Å². The van der Waals surface area contributed by atoms with Crippen molar-refractivity contribution >= 4 is 23.7 Å². The molecular weight excluding hydrogens is 300 g/mol. The van der Waals surface area contributed by atoms with Gasteiger partial charge in [-0.2, -0.15) is 11.8 Å². The summed E-state index contributed by atoms with van der Waals surface area (Å²) in [6.07, 6.45) is 8.77. The second-order valence-corrected chi connectivity index (χ2v) is 6.30. The Morgan fingerprint density at radius 1 is 1.05 bits per heavy atom. The summed E-state index contributed by atoms with van der Waals surface area (Å²) in [4.78, 5) is 23.6. The molecule has 1 unspecified atom stereocenters. The molecule has 22 heavy (non-hydrogen) atoms. The molecule has 5 heteroatoms. The number of rotatable bonds is 13. The van der Waals surface area contributed by atoms with Crippen molar-refractivity contribution < 1.29 is 19.1 Å². The van der Waals surface area contributed by atoms with E-state index in [9.17, 15) is 9.59 Å². The molecule has 0 aromatic heterocycles. The molecule has 0 saturated carbocycles. The SMILES string of the molecule is C=C(C(=O)OCCSC)C(C)C(=O)OCCCCCCCC. The van der Waals surface area contributed by atoms with Gasteiger partial charge in [0.25, 0.3) is 0 Å². The Hall–Kier alpha value is -0.970. The Balaban J connectivity index is 3.85. The lowest BCUT2D eigenvalue weighted by Gasteiger charge is -2.13. The first kappa shape index (κ1) is 21.0. The minimum absolute atomic E-state index is 0.161. The maximum atomic E-state index is 11.9. The molecule has 0 radical (unpaired) electrons. The molecule has 0 rings (SSSR count). The molecule has 0 spiro atoms. The van der Waals surface area contributed by atoms with E-state index in [-0.39, 0.29) is 5.57 Å². The monoisotopic (exact) mass is 330 g/mol. The van der Waals surface area contributed by atoms with Crippen LogP contribution in [0.15, 0.2) is 12.2 Å². The Labute approximate surface area is 139 Å². The van der Waals surface area contributed by atoms with Crippen LogP contribution in [0.1, 0.15) is 52.4 Å². The average molecular weight is 330 g/mol. The fraction of sp³-hybridized carbons (Fsp3) is 0.765. The number of thioether (sulfide) groups is 1. The highest BCUT2D eigenvalue weighted by molar-refractivity contribution is 7.98. The van der Waals surface area contributed by atoms with Gasteiger partial charge in [0.2, 0.25) is 0 Å².